The molecule has 3 aromatic carbocycles. The first kappa shape index (κ1) is 16.6. The number of allylic oxidation sites excluding steroid dienone is 1. The van der Waals surface area contributed by atoms with Crippen LogP contribution in [0.4, 0.5) is 0 Å². The summed E-state index contributed by atoms with van der Waals surface area (Å²) in [5, 5.41) is 0. The second-order valence-electron chi connectivity index (χ2n) is 5.90. The number of hydrogen-bond donors (Lipinski definition) is 0. The molecule has 0 spiro atoms. The zero-order valence-corrected chi connectivity index (χ0v) is 14.8. The Bertz CT molecular complexity index is 728. The molecule has 0 bridgehead atoms. The van der Waals surface area contributed by atoms with E-state index in [1.807, 2.05) is 0 Å². The predicted molar refractivity (Wildman–Crippen MR) is 106 cm³/mol. The summed E-state index contributed by atoms with van der Waals surface area (Å²) in [4.78, 5) is 1.31. The predicted octanol–water partition coefficient (Wildman–Crippen LogP) is 6.28. The van der Waals surface area contributed by atoms with Gasteiger partial charge in [0.05, 0.1) is 0 Å². The molecule has 0 atom stereocenters. The largest absolute Gasteiger partial charge is 0.130 e. The van der Waals surface area contributed by atoms with Crippen molar-refractivity contribution < 1.29 is 0 Å². The molecular weight excluding hydrogens is 308 g/mol. The molecule has 0 nitrogen and oxygen atoms in total. The minimum absolute atomic E-state index is 0.986. The Morgan fingerprint density at radius 3 is 1.67 bits per heavy atom. The first-order valence-corrected chi connectivity index (χ1v) is 9.47. The third-order valence-corrected chi connectivity index (χ3v) is 4.78. The van der Waals surface area contributed by atoms with Crippen LogP contribution in [0.3, 0.4) is 0 Å². The van der Waals surface area contributed by atoms with Crippen molar-refractivity contribution in [3.8, 4) is 0 Å². The summed E-state index contributed by atoms with van der Waals surface area (Å²) < 4.78 is 0. The molecule has 0 saturated heterocycles. The van der Waals surface area contributed by atoms with Crippen molar-refractivity contribution in [3.05, 3.63) is 107 Å². The van der Waals surface area contributed by atoms with Gasteiger partial charge in [-0.05, 0) is 47.9 Å². The van der Waals surface area contributed by atoms with Gasteiger partial charge in [-0.25, -0.2) is 0 Å². The van der Waals surface area contributed by atoms with Crippen molar-refractivity contribution in [2.75, 3.05) is 6.26 Å². The van der Waals surface area contributed by atoms with Crippen molar-refractivity contribution in [3.63, 3.8) is 0 Å². The molecule has 3 rings (SSSR count). The summed E-state index contributed by atoms with van der Waals surface area (Å²) in [6, 6.07) is 30.2. The fraction of sp³-hybridized carbons (Fsp3) is 0.130. The quantitative estimate of drug-likeness (QED) is 0.479. The summed E-state index contributed by atoms with van der Waals surface area (Å²) in [5.41, 5.74) is 5.43. The van der Waals surface area contributed by atoms with E-state index in [2.05, 4.69) is 97.3 Å². The molecule has 24 heavy (non-hydrogen) atoms. The standard InChI is InChI=1S/C23H22S/c1-24-23-14-12-21(13-15-23)18-22(16-19-8-4-2-5-9-19)17-20-10-6-3-7-11-20/h2-15,18H,16-17H2,1H3. The van der Waals surface area contributed by atoms with Crippen LogP contribution in [0.25, 0.3) is 6.08 Å². The van der Waals surface area contributed by atoms with E-state index in [1.54, 1.807) is 11.8 Å². The van der Waals surface area contributed by atoms with E-state index < -0.39 is 0 Å². The van der Waals surface area contributed by atoms with Crippen LogP contribution in [-0.2, 0) is 12.8 Å². The van der Waals surface area contributed by atoms with Crippen LogP contribution in [0.5, 0.6) is 0 Å². The monoisotopic (exact) mass is 330 g/mol. The smallest absolute Gasteiger partial charge is 0.00695 e. The number of hydrogen-bond acceptors (Lipinski definition) is 1. The average molecular weight is 330 g/mol. The molecule has 0 aliphatic carbocycles. The average Bonchev–Trinajstić information content (AvgIpc) is 2.64. The lowest BCUT2D eigenvalue weighted by Crippen LogP contribution is -1.96. The number of rotatable bonds is 6. The van der Waals surface area contributed by atoms with Gasteiger partial charge in [0, 0.05) is 4.90 Å². The maximum absolute atomic E-state index is 2.34. The normalized spacial score (nSPS) is 10.4. The molecule has 0 unspecified atom stereocenters. The van der Waals surface area contributed by atoms with Gasteiger partial charge in [0.15, 0.2) is 0 Å². The molecule has 0 heterocycles. The molecule has 3 aromatic rings. The highest BCUT2D eigenvalue weighted by Gasteiger charge is 2.03. The second kappa shape index (κ2) is 8.56. The summed E-state index contributed by atoms with van der Waals surface area (Å²) >= 11 is 1.78. The maximum atomic E-state index is 2.34. The van der Waals surface area contributed by atoms with Crippen LogP contribution < -0.4 is 0 Å². The Kier molecular flexibility index (Phi) is 5.92. The van der Waals surface area contributed by atoms with Crippen LogP contribution in [0.1, 0.15) is 16.7 Å². The molecule has 0 fully saturated rings. The maximum Gasteiger partial charge on any atom is 0.00695 e. The van der Waals surface area contributed by atoms with Gasteiger partial charge in [-0.15, -0.1) is 11.8 Å². The number of benzene rings is 3. The van der Waals surface area contributed by atoms with Crippen molar-refractivity contribution in [2.45, 2.75) is 17.7 Å². The van der Waals surface area contributed by atoms with E-state index in [1.165, 1.54) is 27.2 Å². The Balaban J connectivity index is 1.86. The van der Waals surface area contributed by atoms with Crippen LogP contribution in [0.2, 0.25) is 0 Å². The number of thioether (sulfide) groups is 1. The van der Waals surface area contributed by atoms with Crippen LogP contribution in [0.15, 0.2) is 95.4 Å². The van der Waals surface area contributed by atoms with Crippen molar-refractivity contribution in [2.24, 2.45) is 0 Å². The van der Waals surface area contributed by atoms with E-state index in [0.29, 0.717) is 0 Å². The summed E-state index contributed by atoms with van der Waals surface area (Å²) in [5.74, 6) is 0. The van der Waals surface area contributed by atoms with E-state index in [4.69, 9.17) is 0 Å². The Morgan fingerprint density at radius 2 is 1.21 bits per heavy atom. The van der Waals surface area contributed by atoms with Crippen molar-refractivity contribution >= 4 is 17.8 Å². The van der Waals surface area contributed by atoms with Crippen LogP contribution >= 0.6 is 11.8 Å². The lowest BCUT2D eigenvalue weighted by molar-refractivity contribution is 1.05. The van der Waals surface area contributed by atoms with Gasteiger partial charge in [0.2, 0.25) is 0 Å². The van der Waals surface area contributed by atoms with E-state index in [0.717, 1.165) is 12.8 Å². The van der Waals surface area contributed by atoms with E-state index in [-0.39, 0.29) is 0 Å². The lowest BCUT2D eigenvalue weighted by Gasteiger charge is -2.09. The van der Waals surface area contributed by atoms with E-state index in [9.17, 15) is 0 Å². The fourth-order valence-corrected chi connectivity index (χ4v) is 3.22. The Morgan fingerprint density at radius 1 is 0.708 bits per heavy atom. The molecular formula is C23H22S. The molecule has 1 heteroatoms. The fourth-order valence-electron chi connectivity index (χ4n) is 2.82. The summed E-state index contributed by atoms with van der Waals surface area (Å²) in [6.07, 6.45) is 6.42. The third-order valence-electron chi connectivity index (χ3n) is 4.03. The Labute approximate surface area is 149 Å². The molecule has 0 amide bonds. The third kappa shape index (κ3) is 4.87. The minimum atomic E-state index is 0.986. The zero-order valence-electron chi connectivity index (χ0n) is 14.0. The highest BCUT2D eigenvalue weighted by Crippen LogP contribution is 2.20. The van der Waals surface area contributed by atoms with E-state index >= 15 is 0 Å². The highest BCUT2D eigenvalue weighted by molar-refractivity contribution is 7.98. The van der Waals surface area contributed by atoms with Crippen LogP contribution in [-0.4, -0.2) is 6.26 Å². The highest BCUT2D eigenvalue weighted by atomic mass is 32.2. The molecule has 0 aliphatic heterocycles. The minimum Gasteiger partial charge on any atom is -0.130 e. The molecule has 0 saturated carbocycles. The molecule has 0 N–H and O–H groups in total. The van der Waals surface area contributed by atoms with Gasteiger partial charge >= 0.3 is 0 Å². The van der Waals surface area contributed by atoms with Crippen molar-refractivity contribution in [1.29, 1.82) is 0 Å². The van der Waals surface area contributed by atoms with Gasteiger partial charge in [-0.3, -0.25) is 0 Å². The summed E-state index contributed by atoms with van der Waals surface area (Å²) in [6.45, 7) is 0. The van der Waals surface area contributed by atoms with Gasteiger partial charge < -0.3 is 0 Å². The van der Waals surface area contributed by atoms with Crippen molar-refractivity contribution in [1.82, 2.24) is 0 Å². The van der Waals surface area contributed by atoms with Gasteiger partial charge in [0.1, 0.15) is 0 Å². The molecule has 0 aliphatic rings. The first-order valence-electron chi connectivity index (χ1n) is 8.25. The molecule has 0 radical (unpaired) electrons. The SMILES string of the molecule is CSc1ccc(C=C(Cc2ccccc2)Cc2ccccc2)cc1. The van der Waals surface area contributed by atoms with Gasteiger partial charge in [0.25, 0.3) is 0 Å². The molecule has 120 valence electrons. The van der Waals surface area contributed by atoms with Crippen LogP contribution in [0, 0.1) is 0 Å². The second-order valence-corrected chi connectivity index (χ2v) is 6.78. The topological polar surface area (TPSA) is 0 Å². The Hall–Kier alpha value is -2.25. The first-order chi connectivity index (χ1) is 11.8. The lowest BCUT2D eigenvalue weighted by atomic mass is 9.96. The zero-order chi connectivity index (χ0) is 16.6. The summed E-state index contributed by atoms with van der Waals surface area (Å²) in [7, 11) is 0. The van der Waals surface area contributed by atoms with Gasteiger partial charge in [-0.1, -0.05) is 84.4 Å². The molecule has 0 aromatic heterocycles. The van der Waals surface area contributed by atoms with Gasteiger partial charge in [-0.2, -0.15) is 0 Å².